The Hall–Kier alpha value is -3.35. The van der Waals surface area contributed by atoms with Crippen molar-refractivity contribution in [2.75, 3.05) is 37.0 Å². The largest absolute Gasteiger partial charge is 0.495 e. The van der Waals surface area contributed by atoms with E-state index in [-0.39, 0.29) is 12.1 Å². The summed E-state index contributed by atoms with van der Waals surface area (Å²) in [5.41, 5.74) is 2.66. The summed E-state index contributed by atoms with van der Waals surface area (Å²) in [7, 11) is 3.45. The van der Waals surface area contributed by atoms with Crippen molar-refractivity contribution in [1.82, 2.24) is 15.3 Å². The molecular weight excluding hydrogens is 354 g/mol. The molecule has 28 heavy (non-hydrogen) atoms. The molecule has 0 radical (unpaired) electrons. The minimum atomic E-state index is -0.136. The van der Waals surface area contributed by atoms with Gasteiger partial charge in [0.15, 0.2) is 0 Å². The van der Waals surface area contributed by atoms with Gasteiger partial charge in [-0.15, -0.1) is 0 Å². The van der Waals surface area contributed by atoms with E-state index in [1.807, 2.05) is 36.4 Å². The fourth-order valence-corrected chi connectivity index (χ4v) is 3.64. The Labute approximate surface area is 164 Å². The number of carbonyl (C=O) groups is 1. The number of anilines is 2. The highest BCUT2D eigenvalue weighted by atomic mass is 16.5. The standard InChI is InChI=1S/C21H23N5O2/c1-25(18-8-11-23-17-7-10-22-13-16(17)18)21(27)24-15-9-12-26(14-15)19-5-3-4-6-20(19)28-2/h3-8,10-11,13,15H,9,12,14H2,1-2H3,(H,24,27). The maximum atomic E-state index is 12.8. The number of hydrogen-bond donors (Lipinski definition) is 1. The van der Waals surface area contributed by atoms with Gasteiger partial charge in [-0.05, 0) is 30.7 Å². The molecule has 7 nitrogen and oxygen atoms in total. The van der Waals surface area contributed by atoms with Crippen LogP contribution in [0.5, 0.6) is 5.75 Å². The van der Waals surface area contributed by atoms with E-state index in [1.54, 1.807) is 37.6 Å². The van der Waals surface area contributed by atoms with E-state index in [0.29, 0.717) is 0 Å². The van der Waals surface area contributed by atoms with Crippen molar-refractivity contribution in [1.29, 1.82) is 0 Å². The average Bonchev–Trinajstić information content (AvgIpc) is 3.21. The molecule has 2 aromatic heterocycles. The lowest BCUT2D eigenvalue weighted by atomic mass is 10.2. The molecular formula is C21H23N5O2. The highest BCUT2D eigenvalue weighted by molar-refractivity contribution is 6.01. The number of carbonyl (C=O) groups excluding carboxylic acids is 1. The van der Waals surface area contributed by atoms with Gasteiger partial charge >= 0.3 is 6.03 Å². The lowest BCUT2D eigenvalue weighted by Crippen LogP contribution is -2.44. The summed E-state index contributed by atoms with van der Waals surface area (Å²) in [6.45, 7) is 1.62. The van der Waals surface area contributed by atoms with E-state index in [2.05, 4.69) is 20.2 Å². The van der Waals surface area contributed by atoms with Crippen LogP contribution >= 0.6 is 0 Å². The van der Waals surface area contributed by atoms with Crippen molar-refractivity contribution < 1.29 is 9.53 Å². The van der Waals surface area contributed by atoms with Gasteiger partial charge in [-0.3, -0.25) is 14.9 Å². The molecule has 1 atom stereocenters. The number of pyridine rings is 2. The van der Waals surface area contributed by atoms with Crippen LogP contribution in [0.15, 0.2) is 55.0 Å². The van der Waals surface area contributed by atoms with Crippen LogP contribution in [0.4, 0.5) is 16.2 Å². The van der Waals surface area contributed by atoms with Gasteiger partial charge in [0.1, 0.15) is 5.75 Å². The summed E-state index contributed by atoms with van der Waals surface area (Å²) >= 11 is 0. The van der Waals surface area contributed by atoms with Crippen LogP contribution in [0, 0.1) is 0 Å². The van der Waals surface area contributed by atoms with E-state index in [0.717, 1.165) is 47.5 Å². The van der Waals surface area contributed by atoms with Gasteiger partial charge in [-0.2, -0.15) is 0 Å². The number of aromatic nitrogens is 2. The zero-order valence-electron chi connectivity index (χ0n) is 16.0. The molecule has 0 saturated carbocycles. The second-order valence-corrected chi connectivity index (χ2v) is 6.83. The molecule has 1 fully saturated rings. The molecule has 0 bridgehead atoms. The van der Waals surface area contributed by atoms with Crippen LogP contribution in [-0.4, -0.2) is 49.3 Å². The van der Waals surface area contributed by atoms with Gasteiger partial charge in [0.25, 0.3) is 0 Å². The van der Waals surface area contributed by atoms with Crippen molar-refractivity contribution in [3.63, 3.8) is 0 Å². The Morgan fingerprint density at radius 1 is 1.25 bits per heavy atom. The SMILES string of the molecule is COc1ccccc1N1CCC(NC(=O)N(C)c2ccnc3ccncc23)C1. The number of hydrogen-bond acceptors (Lipinski definition) is 5. The summed E-state index contributed by atoms with van der Waals surface area (Å²) in [4.78, 5) is 25.2. The monoisotopic (exact) mass is 377 g/mol. The Balaban J connectivity index is 1.45. The molecule has 2 amide bonds. The molecule has 1 unspecified atom stereocenters. The van der Waals surface area contributed by atoms with Crippen LogP contribution in [-0.2, 0) is 0 Å². The van der Waals surface area contributed by atoms with Crippen molar-refractivity contribution >= 4 is 28.3 Å². The zero-order chi connectivity index (χ0) is 19.5. The highest BCUT2D eigenvalue weighted by Gasteiger charge is 2.27. The Bertz CT molecular complexity index is 988. The number of methoxy groups -OCH3 is 1. The van der Waals surface area contributed by atoms with E-state index >= 15 is 0 Å². The predicted octanol–water partition coefficient (Wildman–Crippen LogP) is 3.06. The quantitative estimate of drug-likeness (QED) is 0.757. The first kappa shape index (κ1) is 18.0. The Morgan fingerprint density at radius 2 is 2.11 bits per heavy atom. The van der Waals surface area contributed by atoms with Crippen molar-refractivity contribution in [2.45, 2.75) is 12.5 Å². The van der Waals surface area contributed by atoms with Crippen LogP contribution in [0.3, 0.4) is 0 Å². The number of urea groups is 1. The molecule has 7 heteroatoms. The molecule has 0 spiro atoms. The summed E-state index contributed by atoms with van der Waals surface area (Å²) in [5.74, 6) is 0.849. The maximum Gasteiger partial charge on any atom is 0.321 e. The van der Waals surface area contributed by atoms with Gasteiger partial charge in [0.2, 0.25) is 0 Å². The van der Waals surface area contributed by atoms with E-state index in [1.165, 1.54) is 0 Å². The van der Waals surface area contributed by atoms with E-state index < -0.39 is 0 Å². The smallest absolute Gasteiger partial charge is 0.321 e. The number of rotatable bonds is 4. The molecule has 4 rings (SSSR count). The Morgan fingerprint density at radius 3 is 2.96 bits per heavy atom. The molecule has 1 aliphatic rings. The third-order valence-corrected chi connectivity index (χ3v) is 5.13. The lowest BCUT2D eigenvalue weighted by molar-refractivity contribution is 0.244. The topological polar surface area (TPSA) is 70.6 Å². The van der Waals surface area contributed by atoms with Crippen LogP contribution in [0.25, 0.3) is 10.9 Å². The third-order valence-electron chi connectivity index (χ3n) is 5.13. The summed E-state index contributed by atoms with van der Waals surface area (Å²) in [5, 5.41) is 3.99. The van der Waals surface area contributed by atoms with E-state index in [9.17, 15) is 4.79 Å². The number of benzene rings is 1. The maximum absolute atomic E-state index is 12.8. The van der Waals surface area contributed by atoms with Crippen LogP contribution in [0.2, 0.25) is 0 Å². The molecule has 1 N–H and O–H groups in total. The van der Waals surface area contributed by atoms with Gasteiger partial charge in [0.05, 0.1) is 24.0 Å². The molecule has 1 saturated heterocycles. The van der Waals surface area contributed by atoms with Gasteiger partial charge in [-0.25, -0.2) is 4.79 Å². The molecule has 3 aromatic rings. The molecule has 1 aromatic carbocycles. The number of nitrogens with one attached hydrogen (secondary N) is 1. The van der Waals surface area contributed by atoms with Crippen LogP contribution < -0.4 is 19.9 Å². The van der Waals surface area contributed by atoms with Gasteiger partial charge in [-0.1, -0.05) is 12.1 Å². The minimum absolute atomic E-state index is 0.0751. The summed E-state index contributed by atoms with van der Waals surface area (Å²) in [6, 6.07) is 11.6. The van der Waals surface area contributed by atoms with Crippen LogP contribution in [0.1, 0.15) is 6.42 Å². The number of ether oxygens (including phenoxy) is 1. The van der Waals surface area contributed by atoms with E-state index in [4.69, 9.17) is 4.74 Å². The number of amides is 2. The number of nitrogens with zero attached hydrogens (tertiary/aromatic N) is 4. The first-order valence-corrected chi connectivity index (χ1v) is 9.28. The normalized spacial score (nSPS) is 16.2. The second-order valence-electron chi connectivity index (χ2n) is 6.83. The van der Waals surface area contributed by atoms with Crippen molar-refractivity contribution in [3.8, 4) is 5.75 Å². The predicted molar refractivity (Wildman–Crippen MR) is 110 cm³/mol. The van der Waals surface area contributed by atoms with Crippen molar-refractivity contribution in [2.24, 2.45) is 0 Å². The molecule has 144 valence electrons. The molecule has 1 aliphatic heterocycles. The lowest BCUT2D eigenvalue weighted by Gasteiger charge is -2.23. The first-order chi connectivity index (χ1) is 13.7. The third kappa shape index (κ3) is 3.43. The minimum Gasteiger partial charge on any atom is -0.495 e. The molecule has 3 heterocycles. The second kappa shape index (κ2) is 7.72. The first-order valence-electron chi connectivity index (χ1n) is 9.28. The fraction of sp³-hybridized carbons (Fsp3) is 0.286. The Kier molecular flexibility index (Phi) is 4.97. The zero-order valence-corrected chi connectivity index (χ0v) is 16.0. The average molecular weight is 377 g/mol. The number of para-hydroxylation sites is 2. The van der Waals surface area contributed by atoms with Gasteiger partial charge in [0, 0.05) is 50.2 Å². The van der Waals surface area contributed by atoms with Gasteiger partial charge < -0.3 is 15.0 Å². The number of fused-ring (bicyclic) bond motifs is 1. The fourth-order valence-electron chi connectivity index (χ4n) is 3.64. The summed E-state index contributed by atoms with van der Waals surface area (Å²) in [6.07, 6.45) is 6.03. The summed E-state index contributed by atoms with van der Waals surface area (Å²) < 4.78 is 5.46. The highest BCUT2D eigenvalue weighted by Crippen LogP contribution is 2.30. The van der Waals surface area contributed by atoms with Crippen molar-refractivity contribution in [3.05, 3.63) is 55.0 Å². The molecule has 0 aliphatic carbocycles.